The first-order valence-electron chi connectivity index (χ1n) is 9.28. The van der Waals surface area contributed by atoms with E-state index in [-0.39, 0.29) is 12.2 Å². The Kier molecular flexibility index (Phi) is 16.7. The van der Waals surface area contributed by atoms with Gasteiger partial charge >= 0.3 is 5.97 Å². The number of hydrogen-bond acceptors (Lipinski definition) is 5. The summed E-state index contributed by atoms with van der Waals surface area (Å²) in [6.07, 6.45) is 11.4. The Morgan fingerprint density at radius 2 is 1.52 bits per heavy atom. The lowest BCUT2D eigenvalue weighted by Crippen LogP contribution is -2.27. The smallest absolute Gasteiger partial charge is 0.313 e. The predicted octanol–water partition coefficient (Wildman–Crippen LogP) is 2.96. The highest BCUT2D eigenvalue weighted by molar-refractivity contribution is 5.95. The molecule has 23 heavy (non-hydrogen) atoms. The van der Waals surface area contributed by atoms with Crippen molar-refractivity contribution in [2.45, 2.75) is 77.6 Å². The maximum absolute atomic E-state index is 11.7. The summed E-state index contributed by atoms with van der Waals surface area (Å²) in [6, 6.07) is 0. The second-order valence-electron chi connectivity index (χ2n) is 6.05. The number of ketones is 1. The van der Waals surface area contributed by atoms with E-state index >= 15 is 0 Å². The van der Waals surface area contributed by atoms with E-state index in [2.05, 4.69) is 12.2 Å². The molecule has 0 amide bonds. The van der Waals surface area contributed by atoms with Crippen molar-refractivity contribution in [3.05, 3.63) is 0 Å². The van der Waals surface area contributed by atoms with Crippen molar-refractivity contribution < 1.29 is 14.3 Å². The van der Waals surface area contributed by atoms with E-state index in [1.165, 1.54) is 44.9 Å². The number of carbonyl (C=O) groups excluding carboxylic acids is 2. The lowest BCUT2D eigenvalue weighted by Gasteiger charge is -2.05. The molecule has 3 N–H and O–H groups in total. The van der Waals surface area contributed by atoms with Crippen molar-refractivity contribution in [3.8, 4) is 0 Å². The van der Waals surface area contributed by atoms with Crippen LogP contribution in [0.4, 0.5) is 0 Å². The monoisotopic (exact) mass is 328 g/mol. The van der Waals surface area contributed by atoms with Crippen LogP contribution in [0, 0.1) is 0 Å². The summed E-state index contributed by atoms with van der Waals surface area (Å²) < 4.78 is 4.99. The first kappa shape index (κ1) is 22.1. The van der Waals surface area contributed by atoms with Gasteiger partial charge in [0.05, 0.1) is 0 Å². The van der Waals surface area contributed by atoms with Crippen LogP contribution in [0.1, 0.15) is 77.6 Å². The van der Waals surface area contributed by atoms with Gasteiger partial charge in [0.15, 0.2) is 0 Å². The van der Waals surface area contributed by atoms with Crippen LogP contribution >= 0.6 is 0 Å². The van der Waals surface area contributed by atoms with Gasteiger partial charge in [-0.05, 0) is 6.42 Å². The van der Waals surface area contributed by atoms with Crippen LogP contribution in [-0.4, -0.2) is 38.0 Å². The highest BCUT2D eigenvalue weighted by Gasteiger charge is 2.10. The molecule has 0 aromatic heterocycles. The molecule has 136 valence electrons. The third kappa shape index (κ3) is 17.2. The van der Waals surface area contributed by atoms with Gasteiger partial charge < -0.3 is 15.8 Å². The Labute approximate surface area is 141 Å². The molecule has 0 aliphatic carbocycles. The molecule has 5 nitrogen and oxygen atoms in total. The van der Waals surface area contributed by atoms with E-state index in [1.807, 2.05) is 0 Å². The SMILES string of the molecule is CCCCCCCCCCCC(=O)CC(=O)OCCNCCN. The van der Waals surface area contributed by atoms with E-state index in [0.717, 1.165) is 12.8 Å². The van der Waals surface area contributed by atoms with Gasteiger partial charge in [-0.3, -0.25) is 9.59 Å². The molecule has 0 aliphatic rings. The molecule has 0 unspecified atom stereocenters. The number of Topliss-reactive ketones (excluding diaryl/α,β-unsaturated/α-hetero) is 1. The molecule has 0 atom stereocenters. The fourth-order valence-electron chi connectivity index (χ4n) is 2.40. The van der Waals surface area contributed by atoms with E-state index in [0.29, 0.717) is 32.7 Å². The maximum atomic E-state index is 11.7. The maximum Gasteiger partial charge on any atom is 0.313 e. The van der Waals surface area contributed by atoms with Gasteiger partial charge in [0.25, 0.3) is 0 Å². The number of esters is 1. The average Bonchev–Trinajstić information content (AvgIpc) is 2.53. The molecular weight excluding hydrogens is 292 g/mol. The van der Waals surface area contributed by atoms with Gasteiger partial charge in [-0.1, -0.05) is 58.3 Å². The fraction of sp³-hybridized carbons (Fsp3) is 0.889. The standard InChI is InChI=1S/C18H36N2O3/c1-2-3-4-5-6-7-8-9-10-11-17(21)16-18(22)23-15-14-20-13-12-19/h20H,2-16,19H2,1H3. The van der Waals surface area contributed by atoms with Crippen molar-refractivity contribution in [2.24, 2.45) is 5.73 Å². The summed E-state index contributed by atoms with van der Waals surface area (Å²) in [6.45, 7) is 4.37. The van der Waals surface area contributed by atoms with E-state index in [9.17, 15) is 9.59 Å². The third-order valence-corrected chi connectivity index (χ3v) is 3.76. The Hall–Kier alpha value is -0.940. The normalized spacial score (nSPS) is 10.7. The molecule has 0 rings (SSSR count). The second kappa shape index (κ2) is 17.4. The molecular formula is C18H36N2O3. The number of nitrogens with one attached hydrogen (secondary N) is 1. The van der Waals surface area contributed by atoms with Crippen molar-refractivity contribution >= 4 is 11.8 Å². The van der Waals surface area contributed by atoms with Gasteiger partial charge in [0.2, 0.25) is 0 Å². The van der Waals surface area contributed by atoms with Crippen LogP contribution in [0.15, 0.2) is 0 Å². The second-order valence-corrected chi connectivity index (χ2v) is 6.05. The van der Waals surface area contributed by atoms with Crippen LogP contribution in [0.25, 0.3) is 0 Å². The molecule has 0 saturated carbocycles. The number of carbonyl (C=O) groups is 2. The highest BCUT2D eigenvalue weighted by Crippen LogP contribution is 2.11. The van der Waals surface area contributed by atoms with Crippen LogP contribution in [0.2, 0.25) is 0 Å². The summed E-state index contributed by atoms with van der Waals surface area (Å²) in [5.41, 5.74) is 5.33. The highest BCUT2D eigenvalue weighted by atomic mass is 16.5. The van der Waals surface area contributed by atoms with Gasteiger partial charge in [-0.25, -0.2) is 0 Å². The summed E-state index contributed by atoms with van der Waals surface area (Å²) in [7, 11) is 0. The molecule has 0 aliphatic heterocycles. The van der Waals surface area contributed by atoms with Crippen LogP contribution in [-0.2, 0) is 14.3 Å². The summed E-state index contributed by atoms with van der Waals surface area (Å²) in [4.78, 5) is 23.1. The van der Waals surface area contributed by atoms with Crippen LogP contribution in [0.3, 0.4) is 0 Å². The zero-order chi connectivity index (χ0) is 17.2. The molecule has 0 spiro atoms. The fourth-order valence-corrected chi connectivity index (χ4v) is 2.40. The van der Waals surface area contributed by atoms with Crippen LogP contribution < -0.4 is 11.1 Å². The Morgan fingerprint density at radius 1 is 0.913 bits per heavy atom. The molecule has 0 aromatic carbocycles. The number of nitrogens with two attached hydrogens (primary N) is 1. The van der Waals surface area contributed by atoms with E-state index in [4.69, 9.17) is 10.5 Å². The van der Waals surface area contributed by atoms with Gasteiger partial charge in [-0.15, -0.1) is 0 Å². The summed E-state index contributed by atoms with van der Waals surface area (Å²) in [5.74, 6) is -0.423. The average molecular weight is 328 g/mol. The molecule has 0 heterocycles. The van der Waals surface area contributed by atoms with Gasteiger partial charge in [0, 0.05) is 26.1 Å². The molecule has 0 aromatic rings. The number of rotatable bonds is 17. The van der Waals surface area contributed by atoms with E-state index in [1.54, 1.807) is 0 Å². The topological polar surface area (TPSA) is 81.4 Å². The van der Waals surface area contributed by atoms with Crippen molar-refractivity contribution in [1.29, 1.82) is 0 Å². The molecule has 0 saturated heterocycles. The van der Waals surface area contributed by atoms with Gasteiger partial charge in [0.1, 0.15) is 18.8 Å². The third-order valence-electron chi connectivity index (χ3n) is 3.76. The van der Waals surface area contributed by atoms with Gasteiger partial charge in [-0.2, -0.15) is 0 Å². The summed E-state index contributed by atoms with van der Waals surface area (Å²) >= 11 is 0. The minimum Gasteiger partial charge on any atom is -0.464 e. The largest absolute Gasteiger partial charge is 0.464 e. The number of hydrogen-bond donors (Lipinski definition) is 2. The van der Waals surface area contributed by atoms with Crippen molar-refractivity contribution in [1.82, 2.24) is 5.32 Å². The quantitative estimate of drug-likeness (QED) is 0.244. The van der Waals surface area contributed by atoms with Crippen LogP contribution in [0.5, 0.6) is 0 Å². The Bertz CT molecular complexity index is 296. The Morgan fingerprint density at radius 3 is 2.13 bits per heavy atom. The van der Waals surface area contributed by atoms with Crippen molar-refractivity contribution in [2.75, 3.05) is 26.2 Å². The number of ether oxygens (including phenoxy) is 1. The lowest BCUT2D eigenvalue weighted by atomic mass is 10.0. The molecule has 0 bridgehead atoms. The minimum absolute atomic E-state index is 0.00661. The zero-order valence-electron chi connectivity index (χ0n) is 14.9. The Balaban J connectivity index is 3.34. The number of unbranched alkanes of at least 4 members (excludes halogenated alkanes) is 8. The molecule has 0 fully saturated rings. The first-order valence-corrected chi connectivity index (χ1v) is 9.28. The van der Waals surface area contributed by atoms with E-state index < -0.39 is 5.97 Å². The zero-order valence-corrected chi connectivity index (χ0v) is 14.9. The molecule has 0 radical (unpaired) electrons. The first-order chi connectivity index (χ1) is 11.2. The lowest BCUT2D eigenvalue weighted by molar-refractivity contribution is -0.145. The predicted molar refractivity (Wildman–Crippen MR) is 94.4 cm³/mol. The minimum atomic E-state index is -0.416. The van der Waals surface area contributed by atoms with Crippen molar-refractivity contribution in [3.63, 3.8) is 0 Å². The summed E-state index contributed by atoms with van der Waals surface area (Å²) in [5, 5.41) is 3.03. The molecule has 5 heteroatoms.